The molecule has 2 N–H and O–H groups in total. The summed E-state index contributed by atoms with van der Waals surface area (Å²) in [4.78, 5) is 31.1. The molecule has 0 saturated heterocycles. The number of nitrogens with one attached hydrogen (secondary N) is 2. The third-order valence-electron chi connectivity index (χ3n) is 6.62. The molecular formula is C28H31F3N2O5. The number of halogens is 3. The van der Waals surface area contributed by atoms with Gasteiger partial charge in [0.25, 0.3) is 0 Å². The predicted molar refractivity (Wildman–Crippen MR) is 135 cm³/mol. The Hall–Kier alpha value is -3.53. The van der Waals surface area contributed by atoms with Crippen LogP contribution in [0.4, 0.5) is 18.9 Å². The van der Waals surface area contributed by atoms with Crippen molar-refractivity contribution in [3.8, 4) is 5.75 Å². The van der Waals surface area contributed by atoms with Crippen molar-refractivity contribution < 1.29 is 37.1 Å². The molecule has 1 aliphatic heterocycles. The highest BCUT2D eigenvalue weighted by molar-refractivity contribution is 5.95. The van der Waals surface area contributed by atoms with Gasteiger partial charge in [-0.1, -0.05) is 30.3 Å². The first-order valence-corrected chi connectivity index (χ1v) is 12.3. The first-order chi connectivity index (χ1) is 17.8. The van der Waals surface area contributed by atoms with Gasteiger partial charge in [-0.2, -0.15) is 13.2 Å². The van der Waals surface area contributed by atoms with Crippen LogP contribution in [-0.4, -0.2) is 36.4 Å². The minimum absolute atomic E-state index is 0.0540. The number of amides is 1. The standard InChI is InChI=1S/C28H31F3N2O5/c1-26(2,3)37-24(34)19-11-8-14-27(23(19)17-9-6-5-7-10-17)16-21(33-38-27)20-15-18(12-13-22(20)36-4)32-25(35)28(29,30)31/h5-7,9-10,12-13,15-16,19,23,33H,8,11,14H2,1-4H3,(H,32,35)/t19?,23-,27+/m1/s1. The lowest BCUT2D eigenvalue weighted by molar-refractivity contribution is -0.168. The first-order valence-electron chi connectivity index (χ1n) is 12.3. The predicted octanol–water partition coefficient (Wildman–Crippen LogP) is 5.74. The van der Waals surface area contributed by atoms with Crippen molar-refractivity contribution >= 4 is 23.3 Å². The molecule has 10 heteroatoms. The van der Waals surface area contributed by atoms with Crippen LogP contribution in [0, 0.1) is 5.92 Å². The fourth-order valence-corrected chi connectivity index (χ4v) is 5.13. The van der Waals surface area contributed by atoms with Crippen LogP contribution in [-0.2, 0) is 19.2 Å². The van der Waals surface area contributed by atoms with E-state index in [2.05, 4.69) is 5.48 Å². The van der Waals surface area contributed by atoms with Crippen molar-refractivity contribution in [3.05, 3.63) is 65.7 Å². The highest BCUT2D eigenvalue weighted by Crippen LogP contribution is 2.51. The number of carbonyl (C=O) groups is 2. The molecule has 1 aliphatic carbocycles. The molecular weight excluding hydrogens is 501 g/mol. The van der Waals surface area contributed by atoms with Crippen LogP contribution in [0.1, 0.15) is 57.1 Å². The maximum Gasteiger partial charge on any atom is 0.471 e. The molecule has 1 heterocycles. The second kappa shape index (κ2) is 10.3. The van der Waals surface area contributed by atoms with E-state index in [1.807, 2.05) is 62.5 Å². The molecule has 3 atom stereocenters. The fourth-order valence-electron chi connectivity index (χ4n) is 5.13. The van der Waals surface area contributed by atoms with Crippen molar-refractivity contribution in [1.82, 2.24) is 5.48 Å². The molecule has 1 spiro atoms. The summed E-state index contributed by atoms with van der Waals surface area (Å²) in [6.07, 6.45) is -1.27. The van der Waals surface area contributed by atoms with E-state index in [1.165, 1.54) is 25.3 Å². The smallest absolute Gasteiger partial charge is 0.471 e. The summed E-state index contributed by atoms with van der Waals surface area (Å²) >= 11 is 0. The van der Waals surface area contributed by atoms with E-state index in [4.69, 9.17) is 14.3 Å². The van der Waals surface area contributed by atoms with Crippen LogP contribution in [0.25, 0.3) is 5.70 Å². The normalized spacial score (nSPS) is 23.4. The molecule has 2 aromatic carbocycles. The average Bonchev–Trinajstić information content (AvgIpc) is 3.26. The van der Waals surface area contributed by atoms with Gasteiger partial charge in [-0.25, -0.2) is 0 Å². The number of methoxy groups -OCH3 is 1. The molecule has 4 rings (SSSR count). The van der Waals surface area contributed by atoms with Gasteiger partial charge in [0.05, 0.1) is 18.7 Å². The molecule has 2 aliphatic rings. The van der Waals surface area contributed by atoms with Gasteiger partial charge in [-0.05, 0) is 69.9 Å². The number of benzene rings is 2. The molecule has 0 aromatic heterocycles. The molecule has 0 radical (unpaired) electrons. The SMILES string of the molecule is COc1ccc(NC(=O)C(F)(F)F)cc1C1=C[C@]2(CCCC(C(=O)OC(C)(C)C)[C@H]2c2ccccc2)ON1. The summed E-state index contributed by atoms with van der Waals surface area (Å²) in [7, 11) is 1.44. The Morgan fingerprint density at radius 3 is 2.45 bits per heavy atom. The number of hydrogen-bond donors (Lipinski definition) is 2. The van der Waals surface area contributed by atoms with Gasteiger partial charge in [0, 0.05) is 17.2 Å². The third-order valence-corrected chi connectivity index (χ3v) is 6.62. The summed E-state index contributed by atoms with van der Waals surface area (Å²) in [5.74, 6) is -2.90. The van der Waals surface area contributed by atoms with E-state index in [0.717, 1.165) is 5.56 Å². The van der Waals surface area contributed by atoms with Gasteiger partial charge >= 0.3 is 18.1 Å². The van der Waals surface area contributed by atoms with Gasteiger partial charge < -0.3 is 14.8 Å². The van der Waals surface area contributed by atoms with Gasteiger partial charge in [0.15, 0.2) is 0 Å². The zero-order chi connectivity index (χ0) is 27.7. The number of rotatable bonds is 5. The van der Waals surface area contributed by atoms with E-state index in [1.54, 1.807) is 0 Å². The quantitative estimate of drug-likeness (QED) is 0.478. The van der Waals surface area contributed by atoms with Crippen LogP contribution in [0.2, 0.25) is 0 Å². The summed E-state index contributed by atoms with van der Waals surface area (Å²) in [5, 5.41) is 1.87. The van der Waals surface area contributed by atoms with Crippen LogP contribution >= 0.6 is 0 Å². The molecule has 204 valence electrons. The lowest BCUT2D eigenvalue weighted by atomic mass is 9.65. The molecule has 38 heavy (non-hydrogen) atoms. The largest absolute Gasteiger partial charge is 0.496 e. The zero-order valence-electron chi connectivity index (χ0n) is 21.6. The molecule has 1 fully saturated rings. The summed E-state index contributed by atoms with van der Waals surface area (Å²) < 4.78 is 49.6. The van der Waals surface area contributed by atoms with Crippen molar-refractivity contribution in [2.75, 3.05) is 12.4 Å². The molecule has 7 nitrogen and oxygen atoms in total. The van der Waals surface area contributed by atoms with Gasteiger partial charge in [0.2, 0.25) is 0 Å². The monoisotopic (exact) mass is 532 g/mol. The van der Waals surface area contributed by atoms with Crippen LogP contribution in [0.3, 0.4) is 0 Å². The molecule has 1 saturated carbocycles. The van der Waals surface area contributed by atoms with Crippen molar-refractivity contribution in [2.24, 2.45) is 5.92 Å². The Bertz CT molecular complexity index is 1220. The summed E-state index contributed by atoms with van der Waals surface area (Å²) in [5.41, 5.74) is 3.03. The van der Waals surface area contributed by atoms with Gasteiger partial charge in [-0.3, -0.25) is 19.9 Å². The number of alkyl halides is 3. The lowest BCUT2D eigenvalue weighted by Crippen LogP contribution is -2.47. The zero-order valence-corrected chi connectivity index (χ0v) is 21.6. The number of anilines is 1. The molecule has 2 aromatic rings. The fraction of sp³-hybridized carbons (Fsp3) is 0.429. The lowest BCUT2D eigenvalue weighted by Gasteiger charge is -2.43. The van der Waals surface area contributed by atoms with Gasteiger partial charge in [0.1, 0.15) is 17.0 Å². The minimum atomic E-state index is -5.03. The number of ether oxygens (including phenoxy) is 2. The second-order valence-corrected chi connectivity index (χ2v) is 10.5. The Labute approximate surface area is 219 Å². The van der Waals surface area contributed by atoms with E-state index >= 15 is 0 Å². The summed E-state index contributed by atoms with van der Waals surface area (Å²) in [6.45, 7) is 5.47. The summed E-state index contributed by atoms with van der Waals surface area (Å²) in [6, 6.07) is 13.7. The van der Waals surface area contributed by atoms with Crippen LogP contribution in [0.5, 0.6) is 5.75 Å². The molecule has 0 bridgehead atoms. The van der Waals surface area contributed by atoms with E-state index in [9.17, 15) is 22.8 Å². The first kappa shape index (κ1) is 27.5. The third kappa shape index (κ3) is 5.80. The Morgan fingerprint density at radius 1 is 1.11 bits per heavy atom. The number of carbonyl (C=O) groups excluding carboxylic acids is 2. The second-order valence-electron chi connectivity index (χ2n) is 10.5. The highest BCUT2D eigenvalue weighted by Gasteiger charge is 2.52. The van der Waals surface area contributed by atoms with Crippen molar-refractivity contribution in [1.29, 1.82) is 0 Å². The van der Waals surface area contributed by atoms with E-state index in [0.29, 0.717) is 36.3 Å². The van der Waals surface area contributed by atoms with Crippen LogP contribution in [0.15, 0.2) is 54.6 Å². The van der Waals surface area contributed by atoms with Crippen molar-refractivity contribution in [2.45, 2.75) is 63.3 Å². The number of esters is 1. The van der Waals surface area contributed by atoms with Crippen molar-refractivity contribution in [3.63, 3.8) is 0 Å². The average molecular weight is 533 g/mol. The van der Waals surface area contributed by atoms with Crippen LogP contribution < -0.4 is 15.5 Å². The Balaban J connectivity index is 1.75. The van der Waals surface area contributed by atoms with Gasteiger partial charge in [-0.15, -0.1) is 0 Å². The molecule has 1 unspecified atom stereocenters. The Kier molecular flexibility index (Phi) is 7.47. The van der Waals surface area contributed by atoms with E-state index in [-0.39, 0.29) is 11.7 Å². The maximum absolute atomic E-state index is 13.3. The highest BCUT2D eigenvalue weighted by atomic mass is 19.4. The maximum atomic E-state index is 13.3. The number of hydrogen-bond acceptors (Lipinski definition) is 6. The number of hydroxylamine groups is 1. The topological polar surface area (TPSA) is 85.9 Å². The van der Waals surface area contributed by atoms with E-state index < -0.39 is 35.1 Å². The Morgan fingerprint density at radius 2 is 1.82 bits per heavy atom. The minimum Gasteiger partial charge on any atom is -0.496 e. The molecule has 1 amide bonds.